The van der Waals surface area contributed by atoms with E-state index in [2.05, 4.69) is 12.1 Å². The number of carbonyl (C=O) groups is 1. The van der Waals surface area contributed by atoms with Crippen LogP contribution in [0.1, 0.15) is 41.0 Å². The van der Waals surface area contributed by atoms with E-state index in [1.807, 2.05) is 112 Å². The summed E-state index contributed by atoms with van der Waals surface area (Å²) < 4.78 is 1.67. The molecule has 0 saturated carbocycles. The van der Waals surface area contributed by atoms with Gasteiger partial charge in [-0.25, -0.2) is 4.98 Å². The molecule has 40 heavy (non-hydrogen) atoms. The van der Waals surface area contributed by atoms with Gasteiger partial charge in [-0.15, -0.1) is 0 Å². The highest BCUT2D eigenvalue weighted by molar-refractivity contribution is 5.92. The molecular formula is C35H33N3O2. The fraction of sp³-hybridized carbons (Fsp3) is 0.171. The van der Waals surface area contributed by atoms with Crippen molar-refractivity contribution in [3.63, 3.8) is 0 Å². The van der Waals surface area contributed by atoms with E-state index in [0.29, 0.717) is 29.7 Å². The quantitative estimate of drug-likeness (QED) is 0.207. The van der Waals surface area contributed by atoms with Crippen LogP contribution in [0.3, 0.4) is 0 Å². The van der Waals surface area contributed by atoms with E-state index in [9.17, 15) is 9.59 Å². The molecule has 0 saturated heterocycles. The first-order valence-electron chi connectivity index (χ1n) is 13.6. The van der Waals surface area contributed by atoms with Crippen LogP contribution in [0.25, 0.3) is 22.7 Å². The highest BCUT2D eigenvalue weighted by Gasteiger charge is 2.26. The number of aromatic nitrogens is 2. The summed E-state index contributed by atoms with van der Waals surface area (Å²) in [5, 5.41) is 0.544. The zero-order valence-electron chi connectivity index (χ0n) is 23.1. The SMILES string of the molecule is Cc1ccc(-n2c(C(C)N(CCc3ccccc3)C(=O)/C=C/c3ccccc3)nc3ccccc3c2=O)cc1C. The second-order valence-corrected chi connectivity index (χ2v) is 10.1. The molecule has 0 N–H and O–H groups in total. The molecule has 5 heteroatoms. The van der Waals surface area contributed by atoms with Crippen molar-refractivity contribution in [3.8, 4) is 5.69 Å². The Hall–Kier alpha value is -4.77. The van der Waals surface area contributed by atoms with Crippen LogP contribution in [-0.2, 0) is 11.2 Å². The van der Waals surface area contributed by atoms with Crippen LogP contribution in [-0.4, -0.2) is 26.9 Å². The molecule has 1 heterocycles. The Morgan fingerprint density at radius 3 is 2.27 bits per heavy atom. The highest BCUT2D eigenvalue weighted by Crippen LogP contribution is 2.25. The number of benzene rings is 4. The van der Waals surface area contributed by atoms with Gasteiger partial charge >= 0.3 is 0 Å². The predicted molar refractivity (Wildman–Crippen MR) is 163 cm³/mol. The molecule has 1 unspecified atom stereocenters. The second-order valence-electron chi connectivity index (χ2n) is 10.1. The fourth-order valence-electron chi connectivity index (χ4n) is 4.90. The third kappa shape index (κ3) is 5.79. The topological polar surface area (TPSA) is 55.2 Å². The van der Waals surface area contributed by atoms with E-state index in [4.69, 9.17) is 4.98 Å². The van der Waals surface area contributed by atoms with Gasteiger partial charge in [-0.2, -0.15) is 0 Å². The Balaban J connectivity index is 1.61. The maximum Gasteiger partial charge on any atom is 0.266 e. The summed E-state index contributed by atoms with van der Waals surface area (Å²) in [6, 6.07) is 32.8. The molecule has 5 aromatic rings. The smallest absolute Gasteiger partial charge is 0.266 e. The van der Waals surface area contributed by atoms with Gasteiger partial charge in [0.05, 0.1) is 22.6 Å². The van der Waals surface area contributed by atoms with Crippen molar-refractivity contribution in [3.05, 3.63) is 148 Å². The van der Waals surface area contributed by atoms with Crippen LogP contribution in [0.15, 0.2) is 114 Å². The van der Waals surface area contributed by atoms with Crippen molar-refractivity contribution in [1.29, 1.82) is 0 Å². The third-order valence-corrected chi connectivity index (χ3v) is 7.38. The van der Waals surface area contributed by atoms with Crippen LogP contribution in [0, 0.1) is 13.8 Å². The molecule has 0 spiro atoms. The Morgan fingerprint density at radius 1 is 0.875 bits per heavy atom. The van der Waals surface area contributed by atoms with Crippen molar-refractivity contribution in [1.82, 2.24) is 14.5 Å². The monoisotopic (exact) mass is 527 g/mol. The van der Waals surface area contributed by atoms with E-state index in [1.54, 1.807) is 21.6 Å². The van der Waals surface area contributed by atoms with E-state index in [1.165, 1.54) is 0 Å². The van der Waals surface area contributed by atoms with Gasteiger partial charge in [0.1, 0.15) is 5.82 Å². The second kappa shape index (κ2) is 12.0. The average molecular weight is 528 g/mol. The molecule has 1 amide bonds. The van der Waals surface area contributed by atoms with Gasteiger partial charge in [0, 0.05) is 12.6 Å². The minimum atomic E-state index is -0.476. The molecular weight excluding hydrogens is 494 g/mol. The van der Waals surface area contributed by atoms with Crippen LogP contribution in [0.5, 0.6) is 0 Å². The van der Waals surface area contributed by atoms with Crippen LogP contribution < -0.4 is 5.56 Å². The van der Waals surface area contributed by atoms with Crippen molar-refractivity contribution >= 4 is 22.9 Å². The van der Waals surface area contributed by atoms with Crippen molar-refractivity contribution in [2.24, 2.45) is 0 Å². The van der Waals surface area contributed by atoms with Gasteiger partial charge in [0.2, 0.25) is 5.91 Å². The van der Waals surface area contributed by atoms with Gasteiger partial charge < -0.3 is 4.90 Å². The van der Waals surface area contributed by atoms with Crippen LogP contribution >= 0.6 is 0 Å². The third-order valence-electron chi connectivity index (χ3n) is 7.38. The molecule has 5 nitrogen and oxygen atoms in total. The number of rotatable bonds is 8. The van der Waals surface area contributed by atoms with Gasteiger partial charge in [0.25, 0.3) is 5.56 Å². The van der Waals surface area contributed by atoms with Crippen LogP contribution in [0.4, 0.5) is 0 Å². The Kier molecular flexibility index (Phi) is 8.02. The van der Waals surface area contributed by atoms with Crippen molar-refractivity contribution < 1.29 is 4.79 Å². The zero-order valence-corrected chi connectivity index (χ0v) is 23.1. The number of para-hydroxylation sites is 1. The lowest BCUT2D eigenvalue weighted by atomic mass is 10.1. The number of nitrogens with zero attached hydrogens (tertiary/aromatic N) is 3. The van der Waals surface area contributed by atoms with Gasteiger partial charge in [0.15, 0.2) is 0 Å². The molecule has 0 bridgehead atoms. The van der Waals surface area contributed by atoms with Gasteiger partial charge in [-0.1, -0.05) is 78.9 Å². The lowest BCUT2D eigenvalue weighted by Crippen LogP contribution is -2.38. The largest absolute Gasteiger partial charge is 0.329 e. The number of fused-ring (bicyclic) bond motifs is 1. The first-order chi connectivity index (χ1) is 19.4. The predicted octanol–water partition coefficient (Wildman–Crippen LogP) is 6.85. The molecule has 0 aliphatic rings. The summed E-state index contributed by atoms with van der Waals surface area (Å²) in [5.74, 6) is 0.391. The molecule has 0 fully saturated rings. The molecule has 0 aliphatic carbocycles. The number of hydrogen-bond acceptors (Lipinski definition) is 3. The van der Waals surface area contributed by atoms with E-state index >= 15 is 0 Å². The number of amides is 1. The Labute approximate surface area is 235 Å². The van der Waals surface area contributed by atoms with E-state index in [-0.39, 0.29) is 11.5 Å². The highest BCUT2D eigenvalue weighted by atomic mass is 16.2. The normalized spacial score (nSPS) is 12.1. The molecule has 1 atom stereocenters. The average Bonchev–Trinajstić information content (AvgIpc) is 2.98. The lowest BCUT2D eigenvalue weighted by Gasteiger charge is -2.30. The summed E-state index contributed by atoms with van der Waals surface area (Å²) in [6.45, 7) is 6.50. The fourth-order valence-corrected chi connectivity index (χ4v) is 4.90. The minimum absolute atomic E-state index is 0.138. The van der Waals surface area contributed by atoms with Crippen molar-refractivity contribution in [2.75, 3.05) is 6.54 Å². The summed E-state index contributed by atoms with van der Waals surface area (Å²) in [7, 11) is 0. The van der Waals surface area contributed by atoms with Gasteiger partial charge in [-0.3, -0.25) is 14.2 Å². The summed E-state index contributed by atoms with van der Waals surface area (Å²) in [5.41, 5.74) is 5.52. The lowest BCUT2D eigenvalue weighted by molar-refractivity contribution is -0.128. The van der Waals surface area contributed by atoms with E-state index < -0.39 is 6.04 Å². The van der Waals surface area contributed by atoms with Gasteiger partial charge in [-0.05, 0) is 79.8 Å². The Morgan fingerprint density at radius 2 is 1.55 bits per heavy atom. The number of hydrogen-bond donors (Lipinski definition) is 0. The molecule has 200 valence electrons. The van der Waals surface area contributed by atoms with E-state index in [0.717, 1.165) is 27.9 Å². The molecule has 4 aromatic carbocycles. The minimum Gasteiger partial charge on any atom is -0.329 e. The summed E-state index contributed by atoms with van der Waals surface area (Å²) >= 11 is 0. The number of aryl methyl sites for hydroxylation is 2. The standard InChI is InChI=1S/C35H33N3O2/c1-25-18-20-30(24-26(25)2)38-34(36-32-17-11-10-16-31(32)35(38)40)27(3)37(23-22-29-14-8-5-9-15-29)33(39)21-19-28-12-6-4-7-13-28/h4-21,24,27H,22-23H2,1-3H3/b21-19+. The number of carbonyl (C=O) groups excluding carboxylic acids is 1. The molecule has 0 radical (unpaired) electrons. The first kappa shape index (κ1) is 26.8. The maximum absolute atomic E-state index is 13.9. The summed E-state index contributed by atoms with van der Waals surface area (Å²) in [4.78, 5) is 34.5. The first-order valence-corrected chi connectivity index (χ1v) is 13.6. The zero-order chi connectivity index (χ0) is 28.1. The molecule has 0 aliphatic heterocycles. The maximum atomic E-state index is 13.9. The molecule has 5 rings (SSSR count). The molecule has 1 aromatic heterocycles. The van der Waals surface area contributed by atoms with Crippen molar-refractivity contribution in [2.45, 2.75) is 33.2 Å². The Bertz CT molecular complexity index is 1720. The summed E-state index contributed by atoms with van der Waals surface area (Å²) in [6.07, 6.45) is 4.11. The van der Waals surface area contributed by atoms with Crippen LogP contribution in [0.2, 0.25) is 0 Å².